The predicted octanol–water partition coefficient (Wildman–Crippen LogP) is 2.36. The van der Waals surface area contributed by atoms with Gasteiger partial charge in [-0.25, -0.2) is 4.39 Å². The summed E-state index contributed by atoms with van der Waals surface area (Å²) in [6.45, 7) is 0.827. The normalized spacial score (nSPS) is 10.3. The lowest BCUT2D eigenvalue weighted by Crippen LogP contribution is -2.13. The zero-order chi connectivity index (χ0) is 13.0. The number of aromatic nitrogens is 2. The summed E-state index contributed by atoms with van der Waals surface area (Å²) in [4.78, 5) is 4.18. The van der Waals surface area contributed by atoms with Crippen molar-refractivity contribution in [2.24, 2.45) is 0 Å². The molecule has 0 aliphatic carbocycles. The molecule has 2 aromatic rings. The van der Waals surface area contributed by atoms with Crippen LogP contribution in [0.1, 0.15) is 5.89 Å². The first-order valence-electron chi connectivity index (χ1n) is 5.13. The molecule has 0 spiro atoms. The Kier molecular flexibility index (Phi) is 4.07. The predicted molar refractivity (Wildman–Crippen MR) is 67.9 cm³/mol. The summed E-state index contributed by atoms with van der Waals surface area (Å²) in [7, 11) is 0. The molecule has 0 radical (unpaired) electrons. The maximum atomic E-state index is 13.0. The van der Waals surface area contributed by atoms with Crippen LogP contribution in [0.15, 0.2) is 27.2 Å². The Morgan fingerprint density at radius 1 is 1.50 bits per heavy atom. The Hall–Kier alpha value is -1.71. The first-order valence-corrected chi connectivity index (χ1v) is 5.92. The third kappa shape index (κ3) is 2.94. The van der Waals surface area contributed by atoms with Crippen LogP contribution in [0.4, 0.5) is 4.39 Å². The van der Waals surface area contributed by atoms with Crippen LogP contribution in [0.25, 0.3) is 11.4 Å². The molecule has 1 aromatic heterocycles. The highest BCUT2D eigenvalue weighted by molar-refractivity contribution is 9.10. The minimum atomic E-state index is -0.329. The number of halogens is 2. The fraction of sp³-hybridized carbons (Fsp3) is 0.167. The topological polar surface area (TPSA) is 51.0 Å². The van der Waals surface area contributed by atoms with Gasteiger partial charge in [0.05, 0.1) is 13.1 Å². The van der Waals surface area contributed by atoms with Crippen molar-refractivity contribution in [3.63, 3.8) is 0 Å². The van der Waals surface area contributed by atoms with Gasteiger partial charge >= 0.3 is 0 Å². The summed E-state index contributed by atoms with van der Waals surface area (Å²) >= 11 is 3.25. The summed E-state index contributed by atoms with van der Waals surface area (Å²) < 4.78 is 18.6. The molecule has 0 atom stereocenters. The Morgan fingerprint density at radius 3 is 3.06 bits per heavy atom. The molecule has 4 nitrogen and oxygen atoms in total. The fourth-order valence-electron chi connectivity index (χ4n) is 1.35. The van der Waals surface area contributed by atoms with E-state index in [1.54, 1.807) is 6.07 Å². The molecule has 1 heterocycles. The molecule has 0 amide bonds. The number of terminal acetylenes is 1. The van der Waals surface area contributed by atoms with Crippen LogP contribution >= 0.6 is 15.9 Å². The van der Waals surface area contributed by atoms with Crippen LogP contribution in [0.3, 0.4) is 0 Å². The third-order valence-corrected chi connectivity index (χ3v) is 2.80. The quantitative estimate of drug-likeness (QED) is 0.696. The van der Waals surface area contributed by atoms with Gasteiger partial charge in [-0.05, 0) is 34.1 Å². The fourth-order valence-corrected chi connectivity index (χ4v) is 1.88. The van der Waals surface area contributed by atoms with Gasteiger partial charge < -0.3 is 4.52 Å². The highest BCUT2D eigenvalue weighted by Gasteiger charge is 2.11. The summed E-state index contributed by atoms with van der Waals surface area (Å²) in [5, 5.41) is 6.76. The zero-order valence-corrected chi connectivity index (χ0v) is 10.9. The average molecular weight is 310 g/mol. The van der Waals surface area contributed by atoms with Crippen LogP contribution in [-0.2, 0) is 6.54 Å². The Bertz CT molecular complexity index is 591. The SMILES string of the molecule is C#CCNCc1nc(-c2ccc(F)cc2Br)no1. The maximum absolute atomic E-state index is 13.0. The van der Waals surface area contributed by atoms with Crippen LogP contribution in [0.5, 0.6) is 0 Å². The molecule has 6 heteroatoms. The van der Waals surface area contributed by atoms with E-state index in [4.69, 9.17) is 10.9 Å². The van der Waals surface area contributed by atoms with Crippen molar-refractivity contribution in [3.8, 4) is 23.7 Å². The van der Waals surface area contributed by atoms with Crippen LogP contribution in [0.2, 0.25) is 0 Å². The number of benzene rings is 1. The monoisotopic (exact) mass is 309 g/mol. The molecule has 0 bridgehead atoms. The molecule has 0 saturated heterocycles. The Labute approximate surface area is 112 Å². The molecule has 0 saturated carbocycles. The number of nitrogens with one attached hydrogen (secondary N) is 1. The molecule has 0 fully saturated rings. The molecular formula is C12H9BrFN3O. The molecule has 92 valence electrons. The van der Waals surface area contributed by atoms with Gasteiger partial charge in [-0.3, -0.25) is 5.32 Å². The second-order valence-corrected chi connectivity index (χ2v) is 4.30. The lowest BCUT2D eigenvalue weighted by Gasteiger charge is -1.98. The van der Waals surface area contributed by atoms with Gasteiger partial charge in [0, 0.05) is 10.0 Å². The van der Waals surface area contributed by atoms with Gasteiger partial charge in [-0.1, -0.05) is 11.1 Å². The average Bonchev–Trinajstić information content (AvgIpc) is 2.78. The van der Waals surface area contributed by atoms with Gasteiger partial charge in [0.2, 0.25) is 11.7 Å². The molecular weight excluding hydrogens is 301 g/mol. The van der Waals surface area contributed by atoms with E-state index in [-0.39, 0.29) is 5.82 Å². The van der Waals surface area contributed by atoms with Crippen molar-refractivity contribution in [2.45, 2.75) is 6.54 Å². The van der Waals surface area contributed by atoms with Crippen molar-refractivity contribution >= 4 is 15.9 Å². The van der Waals surface area contributed by atoms with Gasteiger partial charge in [-0.2, -0.15) is 4.98 Å². The Morgan fingerprint density at radius 2 is 2.33 bits per heavy atom. The second kappa shape index (κ2) is 5.76. The van der Waals surface area contributed by atoms with Gasteiger partial charge in [-0.15, -0.1) is 6.42 Å². The van der Waals surface area contributed by atoms with E-state index in [0.29, 0.717) is 34.8 Å². The highest BCUT2D eigenvalue weighted by atomic mass is 79.9. The third-order valence-electron chi connectivity index (χ3n) is 2.14. The number of rotatable bonds is 4. The van der Waals surface area contributed by atoms with E-state index in [0.717, 1.165) is 0 Å². The molecule has 1 N–H and O–H groups in total. The lowest BCUT2D eigenvalue weighted by atomic mass is 10.2. The van der Waals surface area contributed by atoms with Crippen molar-refractivity contribution in [3.05, 3.63) is 34.4 Å². The Balaban J connectivity index is 2.16. The number of nitrogens with zero attached hydrogens (tertiary/aromatic N) is 2. The number of hydrogen-bond acceptors (Lipinski definition) is 4. The standard InChI is InChI=1S/C12H9BrFN3O/c1-2-5-15-7-11-16-12(17-18-11)9-4-3-8(14)6-10(9)13/h1,3-4,6,15H,5,7H2. The first kappa shape index (κ1) is 12.7. The molecule has 0 unspecified atom stereocenters. The molecule has 18 heavy (non-hydrogen) atoms. The largest absolute Gasteiger partial charge is 0.338 e. The number of hydrogen-bond donors (Lipinski definition) is 1. The maximum Gasteiger partial charge on any atom is 0.240 e. The summed E-state index contributed by atoms with van der Waals surface area (Å²) in [5.74, 6) is 2.94. The first-order chi connectivity index (χ1) is 8.70. The summed E-state index contributed by atoms with van der Waals surface area (Å²) in [6, 6.07) is 4.28. The van der Waals surface area contributed by atoms with E-state index in [1.165, 1.54) is 12.1 Å². The molecule has 0 aliphatic rings. The van der Waals surface area contributed by atoms with Gasteiger partial charge in [0.25, 0.3) is 0 Å². The minimum Gasteiger partial charge on any atom is -0.338 e. The molecule has 1 aromatic carbocycles. The minimum absolute atomic E-state index is 0.329. The van der Waals surface area contributed by atoms with E-state index < -0.39 is 0 Å². The van der Waals surface area contributed by atoms with Gasteiger partial charge in [0.1, 0.15) is 5.82 Å². The summed E-state index contributed by atoms with van der Waals surface area (Å²) in [6.07, 6.45) is 5.10. The van der Waals surface area contributed by atoms with Crippen molar-refractivity contribution in [1.29, 1.82) is 0 Å². The van der Waals surface area contributed by atoms with Crippen LogP contribution in [-0.4, -0.2) is 16.7 Å². The van der Waals surface area contributed by atoms with Crippen molar-refractivity contribution in [1.82, 2.24) is 15.5 Å². The lowest BCUT2D eigenvalue weighted by molar-refractivity contribution is 0.370. The molecule has 0 aliphatic heterocycles. The zero-order valence-electron chi connectivity index (χ0n) is 9.28. The summed E-state index contributed by atoms with van der Waals surface area (Å²) in [5.41, 5.74) is 0.670. The van der Waals surface area contributed by atoms with E-state index in [1.807, 2.05) is 0 Å². The van der Waals surface area contributed by atoms with Crippen LogP contribution < -0.4 is 5.32 Å². The highest BCUT2D eigenvalue weighted by Crippen LogP contribution is 2.26. The smallest absolute Gasteiger partial charge is 0.240 e. The second-order valence-electron chi connectivity index (χ2n) is 3.44. The van der Waals surface area contributed by atoms with E-state index >= 15 is 0 Å². The van der Waals surface area contributed by atoms with Gasteiger partial charge in [0.15, 0.2) is 0 Å². The van der Waals surface area contributed by atoms with E-state index in [2.05, 4.69) is 37.3 Å². The van der Waals surface area contributed by atoms with Crippen molar-refractivity contribution < 1.29 is 8.91 Å². The van der Waals surface area contributed by atoms with E-state index in [9.17, 15) is 4.39 Å². The van der Waals surface area contributed by atoms with Crippen LogP contribution in [0, 0.1) is 18.2 Å². The molecule has 2 rings (SSSR count). The van der Waals surface area contributed by atoms with Crippen molar-refractivity contribution in [2.75, 3.05) is 6.54 Å².